The van der Waals surface area contributed by atoms with Crippen LogP contribution in [0.2, 0.25) is 5.02 Å². The molecule has 0 aliphatic heterocycles. The number of nitrogens with one attached hydrogen (secondary N) is 1. The molecule has 1 aliphatic carbocycles. The van der Waals surface area contributed by atoms with Gasteiger partial charge in [-0.3, -0.25) is 0 Å². The van der Waals surface area contributed by atoms with Gasteiger partial charge in [0.25, 0.3) is 0 Å². The van der Waals surface area contributed by atoms with E-state index in [0.717, 1.165) is 47.4 Å². The predicted octanol–water partition coefficient (Wildman–Crippen LogP) is 3.21. The Balaban J connectivity index is 1.84. The normalized spacial score (nSPS) is 15.4. The molecule has 18 heavy (non-hydrogen) atoms. The molecule has 0 spiro atoms. The van der Waals surface area contributed by atoms with Crippen LogP contribution < -0.4 is 5.32 Å². The molecule has 0 amide bonds. The van der Waals surface area contributed by atoms with Crippen LogP contribution in [0, 0.1) is 5.92 Å². The van der Waals surface area contributed by atoms with Gasteiger partial charge in [-0.25, -0.2) is 4.98 Å². The SMILES string of the molecule is CCn1c(CNCC2CC2)nc2ccc(Cl)cc21. The molecular formula is C14H18ClN3. The Morgan fingerprint density at radius 3 is 3.00 bits per heavy atom. The third-order valence-corrected chi connectivity index (χ3v) is 3.75. The molecule has 0 unspecified atom stereocenters. The summed E-state index contributed by atoms with van der Waals surface area (Å²) in [7, 11) is 0. The van der Waals surface area contributed by atoms with E-state index in [-0.39, 0.29) is 0 Å². The molecule has 0 radical (unpaired) electrons. The Labute approximate surface area is 112 Å². The number of fused-ring (bicyclic) bond motifs is 1. The molecule has 3 rings (SSSR count). The molecule has 4 heteroatoms. The molecule has 1 aromatic carbocycles. The van der Waals surface area contributed by atoms with E-state index in [0.29, 0.717) is 0 Å². The first kappa shape index (κ1) is 12.0. The first-order chi connectivity index (χ1) is 8.78. The van der Waals surface area contributed by atoms with Crippen molar-refractivity contribution in [2.45, 2.75) is 32.9 Å². The molecule has 0 saturated heterocycles. The van der Waals surface area contributed by atoms with E-state index < -0.39 is 0 Å². The number of imidazole rings is 1. The number of rotatable bonds is 5. The van der Waals surface area contributed by atoms with Gasteiger partial charge in [-0.15, -0.1) is 0 Å². The highest BCUT2D eigenvalue weighted by atomic mass is 35.5. The topological polar surface area (TPSA) is 29.9 Å². The van der Waals surface area contributed by atoms with Crippen LogP contribution in [0.5, 0.6) is 0 Å². The smallest absolute Gasteiger partial charge is 0.123 e. The predicted molar refractivity (Wildman–Crippen MR) is 74.8 cm³/mol. The van der Waals surface area contributed by atoms with Crippen LogP contribution >= 0.6 is 11.6 Å². The highest BCUT2D eigenvalue weighted by Crippen LogP contribution is 2.27. The molecule has 1 aliphatic rings. The molecule has 96 valence electrons. The van der Waals surface area contributed by atoms with E-state index in [1.54, 1.807) is 0 Å². The molecule has 3 nitrogen and oxygen atoms in total. The van der Waals surface area contributed by atoms with Gasteiger partial charge in [0, 0.05) is 11.6 Å². The van der Waals surface area contributed by atoms with Crippen LogP contribution in [0.3, 0.4) is 0 Å². The Morgan fingerprint density at radius 2 is 2.28 bits per heavy atom. The van der Waals surface area contributed by atoms with E-state index in [1.165, 1.54) is 12.8 Å². The van der Waals surface area contributed by atoms with Crippen LogP contribution in [-0.2, 0) is 13.1 Å². The van der Waals surface area contributed by atoms with E-state index in [2.05, 4.69) is 21.8 Å². The van der Waals surface area contributed by atoms with E-state index >= 15 is 0 Å². The van der Waals surface area contributed by atoms with Gasteiger partial charge >= 0.3 is 0 Å². The largest absolute Gasteiger partial charge is 0.327 e. The molecule has 0 bridgehead atoms. The average molecular weight is 264 g/mol. The molecule has 2 aromatic rings. The third kappa shape index (κ3) is 2.38. The van der Waals surface area contributed by atoms with Gasteiger partial charge in [0.1, 0.15) is 5.82 Å². The summed E-state index contributed by atoms with van der Waals surface area (Å²) in [6.45, 7) is 5.04. The van der Waals surface area contributed by atoms with Gasteiger partial charge in [0.15, 0.2) is 0 Å². The van der Waals surface area contributed by atoms with Crippen molar-refractivity contribution >= 4 is 22.6 Å². The highest BCUT2D eigenvalue weighted by Gasteiger charge is 2.20. The Kier molecular flexibility index (Phi) is 3.27. The van der Waals surface area contributed by atoms with Crippen LogP contribution in [0.1, 0.15) is 25.6 Å². The lowest BCUT2D eigenvalue weighted by Gasteiger charge is -2.07. The van der Waals surface area contributed by atoms with Crippen molar-refractivity contribution in [3.05, 3.63) is 29.0 Å². The van der Waals surface area contributed by atoms with Crippen molar-refractivity contribution in [2.75, 3.05) is 6.54 Å². The second-order valence-electron chi connectivity index (χ2n) is 4.98. The van der Waals surface area contributed by atoms with E-state index in [1.807, 2.05) is 18.2 Å². The summed E-state index contributed by atoms with van der Waals surface area (Å²) >= 11 is 6.05. The number of hydrogen-bond acceptors (Lipinski definition) is 2. The zero-order valence-electron chi connectivity index (χ0n) is 10.6. The molecule has 1 saturated carbocycles. The van der Waals surface area contributed by atoms with Gasteiger partial charge in [-0.1, -0.05) is 11.6 Å². The maximum absolute atomic E-state index is 6.05. The fourth-order valence-corrected chi connectivity index (χ4v) is 2.51. The minimum atomic E-state index is 0.773. The number of benzene rings is 1. The molecule has 1 N–H and O–H groups in total. The zero-order valence-corrected chi connectivity index (χ0v) is 11.4. The lowest BCUT2D eigenvalue weighted by Crippen LogP contribution is -2.19. The van der Waals surface area contributed by atoms with Crippen molar-refractivity contribution < 1.29 is 0 Å². The van der Waals surface area contributed by atoms with Crippen LogP contribution in [-0.4, -0.2) is 16.1 Å². The van der Waals surface area contributed by atoms with Gasteiger partial charge in [-0.05, 0) is 50.4 Å². The summed E-state index contributed by atoms with van der Waals surface area (Å²) in [4.78, 5) is 4.68. The first-order valence-electron chi connectivity index (χ1n) is 6.63. The van der Waals surface area contributed by atoms with Crippen LogP contribution in [0.25, 0.3) is 11.0 Å². The molecule has 0 atom stereocenters. The highest BCUT2D eigenvalue weighted by molar-refractivity contribution is 6.31. The monoisotopic (exact) mass is 263 g/mol. The van der Waals surface area contributed by atoms with Gasteiger partial charge < -0.3 is 9.88 Å². The molecule has 1 fully saturated rings. The number of halogens is 1. The van der Waals surface area contributed by atoms with E-state index in [9.17, 15) is 0 Å². The average Bonchev–Trinajstić information content (AvgIpc) is 3.10. The van der Waals surface area contributed by atoms with Gasteiger partial charge in [0.05, 0.1) is 17.6 Å². The summed E-state index contributed by atoms with van der Waals surface area (Å²) < 4.78 is 2.24. The minimum absolute atomic E-state index is 0.773. The Morgan fingerprint density at radius 1 is 1.44 bits per heavy atom. The summed E-state index contributed by atoms with van der Waals surface area (Å²) in [6, 6.07) is 5.89. The van der Waals surface area contributed by atoms with E-state index in [4.69, 9.17) is 11.6 Å². The quantitative estimate of drug-likeness (QED) is 0.898. The lowest BCUT2D eigenvalue weighted by molar-refractivity contribution is 0.594. The van der Waals surface area contributed by atoms with Crippen molar-refractivity contribution in [3.63, 3.8) is 0 Å². The molecule has 1 aromatic heterocycles. The summed E-state index contributed by atoms with van der Waals surface area (Å²) in [5, 5.41) is 4.27. The van der Waals surface area contributed by atoms with Crippen molar-refractivity contribution in [3.8, 4) is 0 Å². The maximum atomic E-state index is 6.05. The fourth-order valence-electron chi connectivity index (χ4n) is 2.34. The van der Waals surface area contributed by atoms with Crippen molar-refractivity contribution in [1.82, 2.24) is 14.9 Å². The fraction of sp³-hybridized carbons (Fsp3) is 0.500. The van der Waals surface area contributed by atoms with Crippen molar-refractivity contribution in [1.29, 1.82) is 0 Å². The zero-order chi connectivity index (χ0) is 12.5. The Hall–Kier alpha value is -1.06. The van der Waals surface area contributed by atoms with Crippen LogP contribution in [0.15, 0.2) is 18.2 Å². The first-order valence-corrected chi connectivity index (χ1v) is 7.01. The summed E-state index contributed by atoms with van der Waals surface area (Å²) in [5.74, 6) is 2.01. The van der Waals surface area contributed by atoms with Crippen LogP contribution in [0.4, 0.5) is 0 Å². The number of aromatic nitrogens is 2. The Bertz CT molecular complexity index is 557. The number of hydrogen-bond donors (Lipinski definition) is 1. The minimum Gasteiger partial charge on any atom is -0.327 e. The third-order valence-electron chi connectivity index (χ3n) is 3.52. The summed E-state index contributed by atoms with van der Waals surface area (Å²) in [5.41, 5.74) is 2.16. The molecular weight excluding hydrogens is 246 g/mol. The van der Waals surface area contributed by atoms with Gasteiger partial charge in [0.2, 0.25) is 0 Å². The molecule has 1 heterocycles. The number of nitrogens with zero attached hydrogens (tertiary/aromatic N) is 2. The van der Waals surface area contributed by atoms with Gasteiger partial charge in [-0.2, -0.15) is 0 Å². The standard InChI is InChI=1S/C14H18ClN3/c1-2-18-13-7-11(15)5-6-12(13)17-14(18)9-16-8-10-3-4-10/h5-7,10,16H,2-4,8-9H2,1H3. The lowest BCUT2D eigenvalue weighted by atomic mass is 10.3. The maximum Gasteiger partial charge on any atom is 0.123 e. The summed E-state index contributed by atoms with van der Waals surface area (Å²) in [6.07, 6.45) is 2.76. The second kappa shape index (κ2) is 4.90. The van der Waals surface area contributed by atoms with Crippen molar-refractivity contribution in [2.24, 2.45) is 5.92 Å². The number of aryl methyl sites for hydroxylation is 1. The second-order valence-corrected chi connectivity index (χ2v) is 5.42.